The van der Waals surface area contributed by atoms with Gasteiger partial charge in [-0.2, -0.15) is 0 Å². The third-order valence-electron chi connectivity index (χ3n) is 4.93. The minimum absolute atomic E-state index is 0.0322. The molecule has 0 aliphatic carbocycles. The number of carbonyl (C=O) groups excluding carboxylic acids is 1. The number of likely N-dealkylation sites (tertiary alicyclic amines) is 1. The molecule has 10 heteroatoms. The molecule has 1 heterocycles. The average Bonchev–Trinajstić information content (AvgIpc) is 2.72. The molecule has 29 heavy (non-hydrogen) atoms. The molecule has 1 aliphatic rings. The highest BCUT2D eigenvalue weighted by molar-refractivity contribution is 7.89. The number of hydrogen-bond donors (Lipinski definition) is 1. The molecule has 0 atom stereocenters. The fraction of sp³-hybridized carbons (Fsp3) is 0.316. The largest absolute Gasteiger partial charge is 0.339 e. The lowest BCUT2D eigenvalue weighted by atomic mass is 9.96. The Balaban J connectivity index is 1.53. The van der Waals surface area contributed by atoms with Gasteiger partial charge in [0.2, 0.25) is 10.0 Å². The van der Waals surface area contributed by atoms with Crippen molar-refractivity contribution in [2.24, 2.45) is 5.92 Å². The van der Waals surface area contributed by atoms with Gasteiger partial charge in [0.25, 0.3) is 11.6 Å². The third kappa shape index (κ3) is 4.96. The topological polar surface area (TPSA) is 110 Å². The zero-order chi connectivity index (χ0) is 21.0. The van der Waals surface area contributed by atoms with Crippen LogP contribution in [0.15, 0.2) is 53.4 Å². The minimum Gasteiger partial charge on any atom is -0.339 e. The summed E-state index contributed by atoms with van der Waals surface area (Å²) >= 11 is 0. The quantitative estimate of drug-likeness (QED) is 0.569. The number of hydrogen-bond acceptors (Lipinski definition) is 5. The monoisotopic (exact) mass is 421 g/mol. The Morgan fingerprint density at radius 1 is 1.14 bits per heavy atom. The lowest BCUT2D eigenvalue weighted by Crippen LogP contribution is -2.41. The van der Waals surface area contributed by atoms with Gasteiger partial charge >= 0.3 is 0 Å². The summed E-state index contributed by atoms with van der Waals surface area (Å²) in [6, 6.07) is 10.5. The third-order valence-corrected chi connectivity index (χ3v) is 6.37. The van der Waals surface area contributed by atoms with E-state index >= 15 is 0 Å². The van der Waals surface area contributed by atoms with E-state index in [4.69, 9.17) is 0 Å². The number of halogens is 1. The minimum atomic E-state index is -3.78. The number of benzene rings is 2. The van der Waals surface area contributed by atoms with Crippen LogP contribution in [0.2, 0.25) is 0 Å². The fourth-order valence-electron chi connectivity index (χ4n) is 3.20. The highest BCUT2D eigenvalue weighted by Crippen LogP contribution is 2.21. The number of nitrogens with one attached hydrogen (secondary N) is 1. The zero-order valence-corrected chi connectivity index (χ0v) is 16.3. The van der Waals surface area contributed by atoms with E-state index in [1.807, 2.05) is 0 Å². The standard InChI is InChI=1S/C19H20FN3O5S/c20-18-4-2-1-3-17(18)19(24)22-11-9-14(10-12-22)13-21-29(27,28)16-7-5-15(6-8-16)23(25)26/h1-8,14,21H,9-13H2. The van der Waals surface area contributed by atoms with Crippen molar-refractivity contribution in [3.8, 4) is 0 Å². The van der Waals surface area contributed by atoms with Crippen molar-refractivity contribution in [2.75, 3.05) is 19.6 Å². The summed E-state index contributed by atoms with van der Waals surface area (Å²) in [6.07, 6.45) is 1.17. The molecule has 2 aromatic carbocycles. The van der Waals surface area contributed by atoms with Gasteiger partial charge in [-0.05, 0) is 43.0 Å². The van der Waals surface area contributed by atoms with E-state index in [1.165, 1.54) is 30.3 Å². The second-order valence-electron chi connectivity index (χ2n) is 6.82. The van der Waals surface area contributed by atoms with E-state index in [9.17, 15) is 27.7 Å². The summed E-state index contributed by atoms with van der Waals surface area (Å²) in [7, 11) is -3.78. The first-order valence-electron chi connectivity index (χ1n) is 9.06. The molecule has 0 unspecified atom stereocenters. The second-order valence-corrected chi connectivity index (χ2v) is 8.59. The first-order valence-corrected chi connectivity index (χ1v) is 10.5. The van der Waals surface area contributed by atoms with Crippen LogP contribution in [-0.2, 0) is 10.0 Å². The molecule has 0 radical (unpaired) electrons. The van der Waals surface area contributed by atoms with E-state index < -0.39 is 20.8 Å². The van der Waals surface area contributed by atoms with E-state index in [-0.39, 0.29) is 34.5 Å². The van der Waals surface area contributed by atoms with Gasteiger partial charge in [-0.3, -0.25) is 14.9 Å². The Morgan fingerprint density at radius 2 is 1.76 bits per heavy atom. The maximum Gasteiger partial charge on any atom is 0.269 e. The Morgan fingerprint density at radius 3 is 2.34 bits per heavy atom. The van der Waals surface area contributed by atoms with Crippen LogP contribution in [0.25, 0.3) is 0 Å². The van der Waals surface area contributed by atoms with Gasteiger partial charge in [0, 0.05) is 31.8 Å². The number of amides is 1. The number of non-ortho nitro benzene ring substituents is 1. The fourth-order valence-corrected chi connectivity index (χ4v) is 4.32. The van der Waals surface area contributed by atoms with E-state index in [1.54, 1.807) is 11.0 Å². The van der Waals surface area contributed by atoms with Crippen molar-refractivity contribution in [1.82, 2.24) is 9.62 Å². The first kappa shape index (κ1) is 20.9. The first-order chi connectivity index (χ1) is 13.8. The molecular formula is C19H20FN3O5S. The van der Waals surface area contributed by atoms with Crippen molar-refractivity contribution in [2.45, 2.75) is 17.7 Å². The Labute approximate surface area is 167 Å². The summed E-state index contributed by atoms with van der Waals surface area (Å²) in [5, 5.41) is 10.7. The maximum atomic E-state index is 13.8. The molecule has 0 aromatic heterocycles. The Bertz CT molecular complexity index is 1000. The van der Waals surface area contributed by atoms with Crippen LogP contribution in [0.1, 0.15) is 23.2 Å². The second kappa shape index (κ2) is 8.66. The molecule has 1 saturated heterocycles. The Hall–Kier alpha value is -2.85. The van der Waals surface area contributed by atoms with Gasteiger partial charge in [0.1, 0.15) is 5.82 Å². The molecule has 1 fully saturated rings. The number of sulfonamides is 1. The molecule has 0 spiro atoms. The van der Waals surface area contributed by atoms with Crippen LogP contribution in [-0.4, -0.2) is 43.8 Å². The summed E-state index contributed by atoms with van der Waals surface area (Å²) in [4.78, 5) is 24.0. The van der Waals surface area contributed by atoms with Gasteiger partial charge in [-0.15, -0.1) is 0 Å². The predicted molar refractivity (Wildman–Crippen MR) is 103 cm³/mol. The SMILES string of the molecule is O=C(c1ccccc1F)N1CCC(CNS(=O)(=O)c2ccc([N+](=O)[O-])cc2)CC1. The summed E-state index contributed by atoms with van der Waals surface area (Å²) in [5.41, 5.74) is -0.152. The van der Waals surface area contributed by atoms with Gasteiger partial charge < -0.3 is 4.90 Å². The predicted octanol–water partition coefficient (Wildman–Crippen LogP) is 2.56. The van der Waals surface area contributed by atoms with Crippen LogP contribution in [0.3, 0.4) is 0 Å². The van der Waals surface area contributed by atoms with Crippen molar-refractivity contribution >= 4 is 21.6 Å². The van der Waals surface area contributed by atoms with Crippen LogP contribution in [0, 0.1) is 21.8 Å². The summed E-state index contributed by atoms with van der Waals surface area (Å²) in [6.45, 7) is 1.02. The van der Waals surface area contributed by atoms with Crippen molar-refractivity contribution < 1.29 is 22.5 Å². The van der Waals surface area contributed by atoms with Crippen LogP contribution < -0.4 is 4.72 Å². The molecular weight excluding hydrogens is 401 g/mol. The number of nitro groups is 1. The van der Waals surface area contributed by atoms with Gasteiger partial charge in [-0.25, -0.2) is 17.5 Å². The molecule has 3 rings (SSSR count). The number of carbonyl (C=O) groups is 1. The van der Waals surface area contributed by atoms with Gasteiger partial charge in [-0.1, -0.05) is 12.1 Å². The number of nitrogens with zero attached hydrogens (tertiary/aromatic N) is 2. The van der Waals surface area contributed by atoms with Crippen LogP contribution in [0.5, 0.6) is 0 Å². The van der Waals surface area contributed by atoms with Crippen molar-refractivity contribution in [3.05, 3.63) is 70.0 Å². The van der Waals surface area contributed by atoms with Gasteiger partial charge in [0.05, 0.1) is 15.4 Å². The molecule has 2 aromatic rings. The smallest absolute Gasteiger partial charge is 0.269 e. The number of nitro benzene ring substituents is 1. The van der Waals surface area contributed by atoms with E-state index in [0.29, 0.717) is 25.9 Å². The lowest BCUT2D eigenvalue weighted by Gasteiger charge is -2.32. The lowest BCUT2D eigenvalue weighted by molar-refractivity contribution is -0.384. The van der Waals surface area contributed by atoms with E-state index in [0.717, 1.165) is 12.1 Å². The molecule has 0 saturated carbocycles. The summed E-state index contributed by atoms with van der Waals surface area (Å²) in [5.74, 6) is -0.893. The summed E-state index contributed by atoms with van der Waals surface area (Å²) < 4.78 is 41.0. The molecule has 154 valence electrons. The van der Waals surface area contributed by atoms with Crippen LogP contribution >= 0.6 is 0 Å². The Kier molecular flexibility index (Phi) is 6.23. The molecule has 0 bridgehead atoms. The maximum absolute atomic E-state index is 13.8. The van der Waals surface area contributed by atoms with Crippen molar-refractivity contribution in [1.29, 1.82) is 0 Å². The highest BCUT2D eigenvalue weighted by Gasteiger charge is 2.26. The molecule has 1 N–H and O–H groups in total. The highest BCUT2D eigenvalue weighted by atomic mass is 32.2. The van der Waals surface area contributed by atoms with Crippen LogP contribution in [0.4, 0.5) is 10.1 Å². The average molecular weight is 421 g/mol. The molecule has 1 amide bonds. The normalized spacial score (nSPS) is 15.3. The number of rotatable bonds is 6. The van der Waals surface area contributed by atoms with Crippen molar-refractivity contribution in [3.63, 3.8) is 0 Å². The molecule has 1 aliphatic heterocycles. The van der Waals surface area contributed by atoms with E-state index in [2.05, 4.69) is 4.72 Å². The van der Waals surface area contributed by atoms with Gasteiger partial charge in [0.15, 0.2) is 0 Å². The molecule has 8 nitrogen and oxygen atoms in total. The zero-order valence-electron chi connectivity index (χ0n) is 15.5. The number of piperidine rings is 1.